The Morgan fingerprint density at radius 2 is 1.94 bits per heavy atom. The van der Waals surface area contributed by atoms with Crippen LogP contribution in [-0.4, -0.2) is 24.5 Å². The van der Waals surface area contributed by atoms with Crippen LogP contribution >= 0.6 is 0 Å². The van der Waals surface area contributed by atoms with Gasteiger partial charge in [-0.1, -0.05) is 32.0 Å². The van der Waals surface area contributed by atoms with Crippen molar-refractivity contribution in [3.05, 3.63) is 36.0 Å². The maximum Gasteiger partial charge on any atom is 0.151 e. The van der Waals surface area contributed by atoms with Crippen LogP contribution in [0.1, 0.15) is 19.4 Å². The molecule has 98 valence electrons. The lowest BCUT2D eigenvalue weighted by molar-refractivity contribution is 0.591. The highest BCUT2D eigenvalue weighted by Crippen LogP contribution is 2.20. The van der Waals surface area contributed by atoms with E-state index in [0.29, 0.717) is 6.54 Å². The average molecular weight is 265 g/mol. The molecule has 1 aromatic carbocycles. The Balaban J connectivity index is 2.34. The largest absolute Gasteiger partial charge is 0.346 e. The van der Waals surface area contributed by atoms with Crippen molar-refractivity contribution in [1.82, 2.24) is 4.57 Å². The zero-order valence-electron chi connectivity index (χ0n) is 10.9. The summed E-state index contributed by atoms with van der Waals surface area (Å²) < 4.78 is 25.2. The maximum atomic E-state index is 11.6. The third kappa shape index (κ3) is 2.58. The van der Waals surface area contributed by atoms with Gasteiger partial charge in [-0.25, -0.2) is 8.42 Å². The van der Waals surface area contributed by atoms with Gasteiger partial charge in [-0.05, 0) is 23.4 Å². The molecule has 0 aliphatic rings. The third-order valence-corrected chi connectivity index (χ3v) is 5.02. The molecule has 0 atom stereocenters. The highest BCUT2D eigenvalue weighted by Gasteiger charge is 2.10. The van der Waals surface area contributed by atoms with Gasteiger partial charge in [0.15, 0.2) is 9.84 Å². The molecule has 0 amide bonds. The van der Waals surface area contributed by atoms with Gasteiger partial charge < -0.3 is 4.57 Å². The van der Waals surface area contributed by atoms with E-state index in [9.17, 15) is 8.42 Å². The molecule has 1 heterocycles. The van der Waals surface area contributed by atoms with Crippen molar-refractivity contribution in [1.29, 1.82) is 0 Å². The molecule has 18 heavy (non-hydrogen) atoms. The number of fused-ring (bicyclic) bond motifs is 1. The number of aromatic nitrogens is 1. The van der Waals surface area contributed by atoms with Gasteiger partial charge in [0, 0.05) is 18.5 Å². The molecule has 0 aliphatic carbocycles. The number of benzene rings is 1. The second kappa shape index (κ2) is 5.14. The highest BCUT2D eigenvalue weighted by molar-refractivity contribution is 7.91. The van der Waals surface area contributed by atoms with Crippen LogP contribution in [0.5, 0.6) is 0 Å². The van der Waals surface area contributed by atoms with Gasteiger partial charge >= 0.3 is 0 Å². The van der Waals surface area contributed by atoms with Crippen molar-refractivity contribution < 1.29 is 8.42 Å². The first-order chi connectivity index (χ1) is 8.57. The van der Waals surface area contributed by atoms with Crippen molar-refractivity contribution >= 4 is 20.7 Å². The van der Waals surface area contributed by atoms with Gasteiger partial charge in [0.1, 0.15) is 0 Å². The van der Waals surface area contributed by atoms with E-state index >= 15 is 0 Å². The molecule has 0 radical (unpaired) electrons. The molecule has 4 heteroatoms. The summed E-state index contributed by atoms with van der Waals surface area (Å²) in [4.78, 5) is 0. The average Bonchev–Trinajstić information content (AvgIpc) is 2.79. The minimum Gasteiger partial charge on any atom is -0.346 e. The Kier molecular flexibility index (Phi) is 3.76. The second-order valence-corrected chi connectivity index (χ2v) is 6.93. The normalized spacial score (nSPS) is 12.1. The lowest BCUT2D eigenvalue weighted by Crippen LogP contribution is -2.14. The van der Waals surface area contributed by atoms with Crippen molar-refractivity contribution in [2.75, 3.05) is 11.5 Å². The minimum absolute atomic E-state index is 0.214. The highest BCUT2D eigenvalue weighted by atomic mass is 32.2. The molecule has 0 unspecified atom stereocenters. The van der Waals surface area contributed by atoms with Gasteiger partial charge in [-0.2, -0.15) is 0 Å². The van der Waals surface area contributed by atoms with Crippen LogP contribution in [0.3, 0.4) is 0 Å². The van der Waals surface area contributed by atoms with Gasteiger partial charge in [0.25, 0.3) is 0 Å². The molecule has 0 saturated heterocycles. The van der Waals surface area contributed by atoms with Crippen LogP contribution in [-0.2, 0) is 22.8 Å². The van der Waals surface area contributed by atoms with E-state index in [2.05, 4.69) is 23.6 Å². The number of sulfone groups is 1. The SMILES string of the molecule is CCc1cccc2ccn(CCS(=O)(=O)CC)c12. The van der Waals surface area contributed by atoms with Crippen LogP contribution < -0.4 is 0 Å². The number of nitrogens with zero attached hydrogens (tertiary/aromatic N) is 1. The Morgan fingerprint density at radius 1 is 1.17 bits per heavy atom. The lowest BCUT2D eigenvalue weighted by Gasteiger charge is -2.08. The summed E-state index contributed by atoms with van der Waals surface area (Å²) in [6.45, 7) is 4.35. The quantitative estimate of drug-likeness (QED) is 0.833. The molecule has 0 aliphatic heterocycles. The Bertz CT molecular complexity index is 641. The summed E-state index contributed by atoms with van der Waals surface area (Å²) in [7, 11) is -2.90. The molecule has 1 aromatic heterocycles. The van der Waals surface area contributed by atoms with Crippen molar-refractivity contribution in [3.8, 4) is 0 Å². The summed E-state index contributed by atoms with van der Waals surface area (Å²) in [5.41, 5.74) is 2.44. The first-order valence-corrected chi connectivity index (χ1v) is 8.16. The van der Waals surface area contributed by atoms with Gasteiger partial charge in [0.05, 0.1) is 11.3 Å². The molecule has 3 nitrogen and oxygen atoms in total. The van der Waals surface area contributed by atoms with Gasteiger partial charge in [-0.3, -0.25) is 0 Å². The smallest absolute Gasteiger partial charge is 0.151 e. The van der Waals surface area contributed by atoms with Gasteiger partial charge in [-0.15, -0.1) is 0 Å². The molecular weight excluding hydrogens is 246 g/mol. The zero-order valence-corrected chi connectivity index (χ0v) is 11.7. The van der Waals surface area contributed by atoms with Crippen LogP contribution in [0.25, 0.3) is 10.9 Å². The predicted molar refractivity (Wildman–Crippen MR) is 75.6 cm³/mol. The summed E-state index contributed by atoms with van der Waals surface area (Å²) >= 11 is 0. The fraction of sp³-hybridized carbons (Fsp3) is 0.429. The minimum atomic E-state index is -2.90. The molecular formula is C14H19NO2S. The third-order valence-electron chi connectivity index (χ3n) is 3.34. The van der Waals surface area contributed by atoms with Crippen molar-refractivity contribution in [2.45, 2.75) is 26.8 Å². The summed E-state index contributed by atoms with van der Waals surface area (Å²) in [5.74, 6) is 0.429. The number of hydrogen-bond donors (Lipinski definition) is 0. The van der Waals surface area contributed by atoms with Crippen LogP contribution in [0, 0.1) is 0 Å². The lowest BCUT2D eigenvalue weighted by atomic mass is 10.1. The second-order valence-electron chi connectivity index (χ2n) is 4.45. The van der Waals surface area contributed by atoms with Crippen molar-refractivity contribution in [3.63, 3.8) is 0 Å². The molecule has 2 aromatic rings. The number of aryl methyl sites for hydroxylation is 2. The monoisotopic (exact) mass is 265 g/mol. The Morgan fingerprint density at radius 3 is 2.61 bits per heavy atom. The molecule has 0 N–H and O–H groups in total. The molecule has 2 rings (SSSR count). The van der Waals surface area contributed by atoms with Crippen molar-refractivity contribution in [2.24, 2.45) is 0 Å². The first-order valence-electron chi connectivity index (χ1n) is 6.34. The standard InChI is InChI=1S/C14H19NO2S/c1-3-12-6-5-7-13-8-9-15(14(12)13)10-11-18(16,17)4-2/h5-9H,3-4,10-11H2,1-2H3. The molecule has 0 spiro atoms. The molecule has 0 saturated carbocycles. The Labute approximate surface area is 108 Å². The van der Waals surface area contributed by atoms with E-state index in [4.69, 9.17) is 0 Å². The van der Waals surface area contributed by atoms with Gasteiger partial charge in [0.2, 0.25) is 0 Å². The predicted octanol–water partition coefficient (Wildman–Crippen LogP) is 2.64. The number of para-hydroxylation sites is 1. The van der Waals surface area contributed by atoms with Crippen LogP contribution in [0.4, 0.5) is 0 Å². The van der Waals surface area contributed by atoms with Crippen LogP contribution in [0.15, 0.2) is 30.5 Å². The molecule has 0 fully saturated rings. The van der Waals surface area contributed by atoms with E-state index in [1.165, 1.54) is 16.5 Å². The number of rotatable bonds is 5. The Hall–Kier alpha value is -1.29. The van der Waals surface area contributed by atoms with E-state index in [1.807, 2.05) is 18.3 Å². The van der Waals surface area contributed by atoms with E-state index < -0.39 is 9.84 Å². The number of hydrogen-bond acceptors (Lipinski definition) is 2. The van der Waals surface area contributed by atoms with Crippen LogP contribution in [0.2, 0.25) is 0 Å². The first kappa shape index (κ1) is 13.1. The van der Waals surface area contributed by atoms with E-state index in [-0.39, 0.29) is 11.5 Å². The fourth-order valence-electron chi connectivity index (χ4n) is 2.19. The summed E-state index contributed by atoms with van der Waals surface area (Å²) in [6, 6.07) is 8.27. The molecule has 0 bridgehead atoms. The van der Waals surface area contributed by atoms with E-state index in [0.717, 1.165) is 6.42 Å². The summed E-state index contributed by atoms with van der Waals surface area (Å²) in [6.07, 6.45) is 2.94. The zero-order chi connectivity index (χ0) is 13.2. The van der Waals surface area contributed by atoms with E-state index in [1.54, 1.807) is 6.92 Å². The topological polar surface area (TPSA) is 39.1 Å². The fourth-order valence-corrected chi connectivity index (χ4v) is 2.96. The summed E-state index contributed by atoms with van der Waals surface area (Å²) in [5, 5.41) is 1.18. The maximum absolute atomic E-state index is 11.6.